The molecule has 0 spiro atoms. The zero-order valence-corrected chi connectivity index (χ0v) is 10.4. The molecule has 0 aliphatic rings. The maximum Gasteiger partial charge on any atom is 0.122 e. The zero-order valence-electron chi connectivity index (χ0n) is 10.4. The average molecular weight is 223 g/mol. The largest absolute Gasteiger partial charge is 0.488 e. The van der Waals surface area contributed by atoms with Crippen LogP contribution in [0.25, 0.3) is 0 Å². The second-order valence-corrected chi connectivity index (χ2v) is 4.38. The third-order valence-corrected chi connectivity index (χ3v) is 2.72. The summed E-state index contributed by atoms with van der Waals surface area (Å²) in [5.41, 5.74) is 7.94. The number of rotatable bonds is 4. The molecule has 3 N–H and O–H groups in total. The van der Waals surface area contributed by atoms with Gasteiger partial charge in [-0.25, -0.2) is 0 Å². The highest BCUT2D eigenvalue weighted by Crippen LogP contribution is 2.23. The molecule has 1 aromatic carbocycles. The van der Waals surface area contributed by atoms with Crippen molar-refractivity contribution in [3.05, 3.63) is 29.3 Å². The summed E-state index contributed by atoms with van der Waals surface area (Å²) in [4.78, 5) is 0. The van der Waals surface area contributed by atoms with Crippen LogP contribution in [-0.4, -0.2) is 17.3 Å². The maximum atomic E-state index is 9.37. The van der Waals surface area contributed by atoms with Crippen molar-refractivity contribution < 1.29 is 9.84 Å². The molecule has 0 aliphatic carbocycles. The van der Waals surface area contributed by atoms with E-state index in [9.17, 15) is 5.11 Å². The van der Waals surface area contributed by atoms with Crippen LogP contribution < -0.4 is 10.5 Å². The summed E-state index contributed by atoms with van der Waals surface area (Å²) in [5, 5.41) is 9.37. The number of aliphatic hydroxyl groups excluding tert-OH is 1. The predicted octanol–water partition coefficient (Wildman–Crippen LogP) is 2.16. The quantitative estimate of drug-likeness (QED) is 0.822. The second-order valence-electron chi connectivity index (χ2n) is 4.38. The van der Waals surface area contributed by atoms with Gasteiger partial charge in [0.2, 0.25) is 0 Å². The van der Waals surface area contributed by atoms with Crippen LogP contribution in [0.15, 0.2) is 18.2 Å². The molecule has 0 saturated carbocycles. The molecule has 3 unspecified atom stereocenters. The summed E-state index contributed by atoms with van der Waals surface area (Å²) in [6.45, 7) is 7.50. The fraction of sp³-hybridized carbons (Fsp3) is 0.538. The Morgan fingerprint density at radius 3 is 2.31 bits per heavy atom. The normalized spacial score (nSPS) is 16.6. The van der Waals surface area contributed by atoms with Crippen LogP contribution in [0.3, 0.4) is 0 Å². The molecule has 16 heavy (non-hydrogen) atoms. The number of hydrogen-bond donors (Lipinski definition) is 2. The van der Waals surface area contributed by atoms with Crippen molar-refractivity contribution >= 4 is 0 Å². The van der Waals surface area contributed by atoms with E-state index in [2.05, 4.69) is 0 Å². The van der Waals surface area contributed by atoms with Gasteiger partial charge in [0.25, 0.3) is 0 Å². The van der Waals surface area contributed by atoms with Crippen molar-refractivity contribution in [1.82, 2.24) is 0 Å². The van der Waals surface area contributed by atoms with Crippen molar-refractivity contribution in [2.45, 2.75) is 45.9 Å². The Kier molecular flexibility index (Phi) is 4.33. The van der Waals surface area contributed by atoms with Crippen LogP contribution in [0.4, 0.5) is 0 Å². The van der Waals surface area contributed by atoms with Crippen LogP contribution in [0.1, 0.15) is 37.9 Å². The van der Waals surface area contributed by atoms with Gasteiger partial charge < -0.3 is 15.6 Å². The van der Waals surface area contributed by atoms with E-state index in [0.717, 1.165) is 16.9 Å². The molecule has 0 aromatic heterocycles. The van der Waals surface area contributed by atoms with E-state index in [4.69, 9.17) is 10.5 Å². The van der Waals surface area contributed by atoms with E-state index in [1.165, 1.54) is 0 Å². The van der Waals surface area contributed by atoms with Gasteiger partial charge in [-0.05, 0) is 44.9 Å². The highest BCUT2D eigenvalue weighted by Gasteiger charge is 2.12. The molecule has 0 bridgehead atoms. The lowest BCUT2D eigenvalue weighted by Crippen LogP contribution is -2.25. The van der Waals surface area contributed by atoms with Gasteiger partial charge in [0.1, 0.15) is 11.9 Å². The minimum absolute atomic E-state index is 0.0296. The molecule has 0 fully saturated rings. The van der Waals surface area contributed by atoms with E-state index in [1.807, 2.05) is 39.0 Å². The topological polar surface area (TPSA) is 55.5 Å². The second kappa shape index (κ2) is 5.32. The van der Waals surface area contributed by atoms with Gasteiger partial charge in [0.15, 0.2) is 0 Å². The Morgan fingerprint density at radius 2 is 1.88 bits per heavy atom. The molecule has 1 aromatic rings. The monoisotopic (exact) mass is 223 g/mol. The van der Waals surface area contributed by atoms with E-state index in [-0.39, 0.29) is 12.1 Å². The summed E-state index contributed by atoms with van der Waals surface area (Å²) < 4.78 is 5.65. The van der Waals surface area contributed by atoms with Crippen molar-refractivity contribution in [2.75, 3.05) is 0 Å². The molecule has 90 valence electrons. The molecule has 0 heterocycles. The number of aliphatic hydroxyl groups is 1. The smallest absolute Gasteiger partial charge is 0.122 e. The Hall–Kier alpha value is -1.06. The molecule has 0 radical (unpaired) electrons. The molecule has 3 atom stereocenters. The first-order valence-corrected chi connectivity index (χ1v) is 5.62. The van der Waals surface area contributed by atoms with E-state index < -0.39 is 6.10 Å². The van der Waals surface area contributed by atoms with Gasteiger partial charge in [-0.1, -0.05) is 12.1 Å². The fourth-order valence-electron chi connectivity index (χ4n) is 1.39. The predicted molar refractivity (Wildman–Crippen MR) is 65.6 cm³/mol. The number of hydrogen-bond acceptors (Lipinski definition) is 3. The molecule has 0 aliphatic heterocycles. The minimum atomic E-state index is -0.479. The first-order valence-electron chi connectivity index (χ1n) is 5.62. The maximum absolute atomic E-state index is 9.37. The molecule has 3 heteroatoms. The fourth-order valence-corrected chi connectivity index (χ4v) is 1.39. The van der Waals surface area contributed by atoms with Crippen molar-refractivity contribution in [2.24, 2.45) is 5.73 Å². The van der Waals surface area contributed by atoms with Crippen molar-refractivity contribution in [3.63, 3.8) is 0 Å². The molecular weight excluding hydrogens is 202 g/mol. The summed E-state index contributed by atoms with van der Waals surface area (Å²) in [6, 6.07) is 5.92. The Balaban J connectivity index is 2.83. The molecule has 0 amide bonds. The highest BCUT2D eigenvalue weighted by atomic mass is 16.5. The summed E-state index contributed by atoms with van der Waals surface area (Å²) in [6.07, 6.45) is -0.688. The van der Waals surface area contributed by atoms with Gasteiger partial charge >= 0.3 is 0 Å². The molecule has 1 rings (SSSR count). The lowest BCUT2D eigenvalue weighted by molar-refractivity contribution is 0.0600. The number of ether oxygens (including phenoxy) is 1. The Labute approximate surface area is 97.2 Å². The molecular formula is C13H21NO2. The third-order valence-electron chi connectivity index (χ3n) is 2.72. The highest BCUT2D eigenvalue weighted by molar-refractivity contribution is 5.37. The zero-order chi connectivity index (χ0) is 12.3. The van der Waals surface area contributed by atoms with Crippen LogP contribution in [0.2, 0.25) is 0 Å². The van der Waals surface area contributed by atoms with Crippen LogP contribution in [-0.2, 0) is 0 Å². The van der Waals surface area contributed by atoms with Crippen LogP contribution in [0, 0.1) is 6.92 Å². The van der Waals surface area contributed by atoms with Gasteiger partial charge in [-0.3, -0.25) is 0 Å². The molecule has 3 nitrogen and oxygen atoms in total. The molecule has 0 saturated heterocycles. The van der Waals surface area contributed by atoms with E-state index in [0.29, 0.717) is 0 Å². The van der Waals surface area contributed by atoms with Crippen molar-refractivity contribution in [3.8, 4) is 5.75 Å². The summed E-state index contributed by atoms with van der Waals surface area (Å²) in [5.74, 6) is 0.804. The number of aryl methyl sites for hydroxylation is 1. The van der Waals surface area contributed by atoms with Crippen molar-refractivity contribution in [1.29, 1.82) is 0 Å². The Bertz CT molecular complexity index is 348. The Morgan fingerprint density at radius 1 is 1.25 bits per heavy atom. The number of nitrogens with two attached hydrogens (primary N) is 1. The van der Waals surface area contributed by atoms with Gasteiger partial charge in [-0.2, -0.15) is 0 Å². The first kappa shape index (κ1) is 13.0. The van der Waals surface area contributed by atoms with Gasteiger partial charge in [-0.15, -0.1) is 0 Å². The lowest BCUT2D eigenvalue weighted by Gasteiger charge is -2.19. The van der Waals surface area contributed by atoms with E-state index in [1.54, 1.807) is 6.92 Å². The van der Waals surface area contributed by atoms with Gasteiger partial charge in [0, 0.05) is 6.04 Å². The summed E-state index contributed by atoms with van der Waals surface area (Å²) in [7, 11) is 0. The van der Waals surface area contributed by atoms with Gasteiger partial charge in [0.05, 0.1) is 6.10 Å². The first-order chi connectivity index (χ1) is 7.41. The third kappa shape index (κ3) is 3.22. The average Bonchev–Trinajstić information content (AvgIpc) is 2.20. The SMILES string of the molecule is Cc1cc(C(C)N)ccc1OC(C)C(C)O. The minimum Gasteiger partial charge on any atom is -0.488 e. The van der Waals surface area contributed by atoms with Crippen LogP contribution >= 0.6 is 0 Å². The summed E-state index contributed by atoms with van der Waals surface area (Å²) >= 11 is 0. The van der Waals surface area contributed by atoms with Crippen LogP contribution in [0.5, 0.6) is 5.75 Å². The standard InChI is InChI=1S/C13H21NO2/c1-8-7-12(9(2)14)5-6-13(8)16-11(4)10(3)15/h5-7,9-11,15H,14H2,1-4H3. The number of benzene rings is 1. The van der Waals surface area contributed by atoms with E-state index >= 15 is 0 Å². The lowest BCUT2D eigenvalue weighted by atomic mass is 10.1.